The Morgan fingerprint density at radius 1 is 0.754 bits per heavy atom. The number of ether oxygens (including phenoxy) is 2. The van der Waals surface area contributed by atoms with Crippen LogP contribution in [-0.4, -0.2) is 93.1 Å². The first-order chi connectivity index (χ1) is 27.4. The van der Waals surface area contributed by atoms with E-state index in [2.05, 4.69) is 44.9 Å². The maximum atomic E-state index is 13.8. The Bertz CT molecular complexity index is 1900. The maximum absolute atomic E-state index is 13.8. The lowest BCUT2D eigenvalue weighted by molar-refractivity contribution is -0.136. The van der Waals surface area contributed by atoms with Crippen molar-refractivity contribution < 1.29 is 28.7 Å². The molecule has 2 aliphatic heterocycles. The number of likely N-dealkylation sites (tertiary alicyclic amines) is 2. The number of alkyl carbamates (subject to hydrolysis) is 2. The van der Waals surface area contributed by atoms with Crippen molar-refractivity contribution in [1.29, 1.82) is 0 Å². The van der Waals surface area contributed by atoms with Gasteiger partial charge in [-0.25, -0.2) is 19.6 Å². The monoisotopic (exact) mass is 784 g/mol. The lowest BCUT2D eigenvalue weighted by Crippen LogP contribution is -2.51. The molecule has 8 rings (SSSR count). The summed E-state index contributed by atoms with van der Waals surface area (Å²) in [6, 6.07) is 7.30. The van der Waals surface area contributed by atoms with E-state index in [1.54, 1.807) is 0 Å². The number of imidazole rings is 2. The number of methoxy groups -OCH3 is 2. The molecule has 0 unspecified atom stereocenters. The van der Waals surface area contributed by atoms with Gasteiger partial charge >= 0.3 is 12.2 Å². The Kier molecular flexibility index (Phi) is 11.7. The topological polar surface area (TPSA) is 175 Å². The molecule has 0 radical (unpaired) electrons. The molecule has 1 aromatic carbocycles. The van der Waals surface area contributed by atoms with Crippen molar-refractivity contribution in [2.24, 2.45) is 11.8 Å². The Morgan fingerprint density at radius 2 is 1.26 bits per heavy atom. The van der Waals surface area contributed by atoms with Crippen molar-refractivity contribution in [3.05, 3.63) is 59.6 Å². The van der Waals surface area contributed by atoms with Crippen LogP contribution in [0.3, 0.4) is 0 Å². The normalized spacial score (nSPS) is 25.9. The number of hydrogen-bond acceptors (Lipinski definition) is 8. The first-order valence-electron chi connectivity index (χ1n) is 20.9. The zero-order chi connectivity index (χ0) is 40.5. The first-order valence-corrected chi connectivity index (χ1v) is 20.9. The lowest BCUT2D eigenvalue weighted by atomic mass is 9.51. The Balaban J connectivity index is 0.995. The summed E-state index contributed by atoms with van der Waals surface area (Å²) >= 11 is 0. The first kappa shape index (κ1) is 40.3. The van der Waals surface area contributed by atoms with Crippen molar-refractivity contribution in [2.75, 3.05) is 27.3 Å². The summed E-state index contributed by atoms with van der Waals surface area (Å²) in [7, 11) is 2.62. The standard InChI is InChI=1S/C43H60N8O6/c1-7-27(4)35(49-41(55)57-6)39(53)51-23-9-11-32(51)37-45-25-33(47-37)43-19-16-42(17-20-43,18-21-43)29-14-12-28(13-15-29)30-24-44-36(46-30)31-10-8-22-50(31)38(52)34(26(2)3)48-40(54)56-5/h12-15,24-27,31-32,34-35H,7-11,16-23H2,1-6H3,(H,44,46)(H,45,47)(H,48,54)(H,49,55)/t27-,31-,32-,34-,35-,42?,43?/m0/s1. The fourth-order valence-corrected chi connectivity index (χ4v) is 10.0. The third-order valence-corrected chi connectivity index (χ3v) is 13.8. The molecule has 14 nitrogen and oxygen atoms in total. The van der Waals surface area contributed by atoms with Gasteiger partial charge in [-0.05, 0) is 92.6 Å². The largest absolute Gasteiger partial charge is 0.453 e. The average molecular weight is 785 g/mol. The smallest absolute Gasteiger partial charge is 0.407 e. The Labute approximate surface area is 335 Å². The van der Waals surface area contributed by atoms with Gasteiger partial charge in [0.25, 0.3) is 0 Å². The van der Waals surface area contributed by atoms with Crippen LogP contribution in [0.1, 0.15) is 133 Å². The lowest BCUT2D eigenvalue weighted by Gasteiger charge is -2.53. The van der Waals surface area contributed by atoms with Crippen molar-refractivity contribution in [1.82, 2.24) is 40.4 Å². The molecule has 5 atom stereocenters. The molecule has 4 N–H and O–H groups in total. The molecule has 2 aromatic heterocycles. The van der Waals surface area contributed by atoms with Gasteiger partial charge in [-0.15, -0.1) is 0 Å². The van der Waals surface area contributed by atoms with Crippen molar-refractivity contribution in [3.8, 4) is 11.3 Å². The number of H-pyrrole nitrogens is 2. The quantitative estimate of drug-likeness (QED) is 0.155. The van der Waals surface area contributed by atoms with Crippen LogP contribution in [0.5, 0.6) is 0 Å². The number of nitrogens with zero attached hydrogens (tertiary/aromatic N) is 4. The van der Waals surface area contributed by atoms with Crippen molar-refractivity contribution >= 4 is 24.0 Å². The van der Waals surface area contributed by atoms with E-state index in [0.717, 1.165) is 93.5 Å². The minimum atomic E-state index is -0.673. The maximum Gasteiger partial charge on any atom is 0.407 e. The molecule has 3 aliphatic carbocycles. The van der Waals surface area contributed by atoms with E-state index < -0.39 is 24.3 Å². The van der Waals surface area contributed by atoms with Gasteiger partial charge in [0.2, 0.25) is 11.8 Å². The van der Waals surface area contributed by atoms with E-state index in [9.17, 15) is 19.2 Å². The van der Waals surface area contributed by atoms with Crippen molar-refractivity contribution in [3.63, 3.8) is 0 Å². The summed E-state index contributed by atoms with van der Waals surface area (Å²) < 4.78 is 9.62. The van der Waals surface area contributed by atoms with Gasteiger partial charge in [-0.2, -0.15) is 0 Å². The third-order valence-electron chi connectivity index (χ3n) is 13.8. The summed E-state index contributed by atoms with van der Waals surface area (Å²) in [6.07, 6.45) is 13.4. The second-order valence-electron chi connectivity index (χ2n) is 17.2. The number of aromatic nitrogens is 4. The van der Waals surface area contributed by atoms with Gasteiger partial charge in [0, 0.05) is 30.4 Å². The van der Waals surface area contributed by atoms with Crippen LogP contribution >= 0.6 is 0 Å². The zero-order valence-corrected chi connectivity index (χ0v) is 34.4. The second-order valence-corrected chi connectivity index (χ2v) is 17.2. The molecule has 4 amide bonds. The number of nitrogens with one attached hydrogen (secondary N) is 4. The van der Waals surface area contributed by atoms with Crippen LogP contribution in [0.15, 0.2) is 36.7 Å². The molecule has 2 saturated heterocycles. The minimum absolute atomic E-state index is 0.0299. The number of benzene rings is 1. The van der Waals surface area contributed by atoms with Crippen molar-refractivity contribution in [2.45, 2.75) is 133 Å². The predicted octanol–water partition coefficient (Wildman–Crippen LogP) is 6.82. The van der Waals surface area contributed by atoms with Crippen LogP contribution in [-0.2, 0) is 29.9 Å². The highest BCUT2D eigenvalue weighted by molar-refractivity contribution is 5.87. The molecule has 4 heterocycles. The molecule has 2 bridgehead atoms. The van der Waals surface area contributed by atoms with Gasteiger partial charge in [0.15, 0.2) is 0 Å². The van der Waals surface area contributed by atoms with E-state index in [-0.39, 0.29) is 46.6 Å². The SMILES string of the molecule is CC[C@H](C)[C@H](NC(=O)OC)C(=O)N1CCC[C@H]1c1ncc(C23CCC(c4ccc(-c5cnc([C@@H]6CCCN6C(=O)[C@@H](NC(=O)OC)C(C)C)[nH]5)cc4)(CC2)CC3)[nH]1. The van der Waals surface area contributed by atoms with Crippen LogP contribution < -0.4 is 10.6 Å². The molecular weight excluding hydrogens is 725 g/mol. The summed E-state index contributed by atoms with van der Waals surface area (Å²) in [6.45, 7) is 9.09. The van der Waals surface area contributed by atoms with Crippen LogP contribution in [0.25, 0.3) is 11.3 Å². The Morgan fingerprint density at radius 3 is 1.81 bits per heavy atom. The highest BCUT2D eigenvalue weighted by Gasteiger charge is 2.51. The van der Waals surface area contributed by atoms with E-state index in [1.807, 2.05) is 49.9 Å². The van der Waals surface area contributed by atoms with E-state index in [0.29, 0.717) is 13.1 Å². The summed E-state index contributed by atoms with van der Waals surface area (Å²) in [5.41, 5.74) is 4.73. The molecule has 3 saturated carbocycles. The summed E-state index contributed by atoms with van der Waals surface area (Å²) in [4.78, 5) is 72.1. The van der Waals surface area contributed by atoms with Crippen LogP contribution in [0, 0.1) is 11.8 Å². The molecule has 5 fully saturated rings. The second kappa shape index (κ2) is 16.5. The fraction of sp³-hybridized carbons (Fsp3) is 0.628. The highest BCUT2D eigenvalue weighted by atomic mass is 16.5. The molecule has 0 spiro atoms. The van der Waals surface area contributed by atoms with Gasteiger partial charge < -0.3 is 39.9 Å². The predicted molar refractivity (Wildman–Crippen MR) is 214 cm³/mol. The molecule has 14 heteroatoms. The van der Waals surface area contributed by atoms with Gasteiger partial charge in [-0.3, -0.25) is 9.59 Å². The summed E-state index contributed by atoms with van der Waals surface area (Å²) in [5, 5.41) is 5.50. The zero-order valence-electron chi connectivity index (χ0n) is 34.4. The number of hydrogen-bond donors (Lipinski definition) is 4. The van der Waals surface area contributed by atoms with Crippen LogP contribution in [0.4, 0.5) is 9.59 Å². The van der Waals surface area contributed by atoms with E-state index in [1.165, 1.54) is 25.5 Å². The number of fused-ring (bicyclic) bond motifs is 3. The molecule has 5 aliphatic rings. The third kappa shape index (κ3) is 7.75. The number of carbonyl (C=O) groups excluding carboxylic acids is 4. The summed E-state index contributed by atoms with van der Waals surface area (Å²) in [5.74, 6) is 1.28. The fourth-order valence-electron chi connectivity index (χ4n) is 10.0. The van der Waals surface area contributed by atoms with E-state index >= 15 is 0 Å². The Hall–Kier alpha value is -4.88. The molecule has 57 heavy (non-hydrogen) atoms. The molecule has 3 aromatic rings. The van der Waals surface area contributed by atoms with Gasteiger partial charge in [0.1, 0.15) is 23.7 Å². The average Bonchev–Trinajstić information content (AvgIpc) is 4.08. The van der Waals surface area contributed by atoms with E-state index in [4.69, 9.17) is 19.4 Å². The molecule has 308 valence electrons. The number of carbonyl (C=O) groups is 4. The number of aromatic amines is 2. The van der Waals surface area contributed by atoms with Gasteiger partial charge in [0.05, 0.1) is 38.2 Å². The number of rotatable bonds is 12. The highest BCUT2D eigenvalue weighted by Crippen LogP contribution is 2.58. The van der Waals surface area contributed by atoms with Crippen LogP contribution in [0.2, 0.25) is 0 Å². The van der Waals surface area contributed by atoms with Gasteiger partial charge in [-0.1, -0.05) is 58.4 Å². The molecular formula is C43H60N8O6. The minimum Gasteiger partial charge on any atom is -0.453 e. The number of amides is 4.